The number of aryl methyl sites for hydroxylation is 1. The Balaban J connectivity index is 1.51. The van der Waals surface area contributed by atoms with E-state index in [0.717, 1.165) is 17.0 Å². The van der Waals surface area contributed by atoms with Gasteiger partial charge in [0.1, 0.15) is 0 Å². The Morgan fingerprint density at radius 2 is 1.97 bits per heavy atom. The van der Waals surface area contributed by atoms with Gasteiger partial charge in [-0.15, -0.1) is 0 Å². The summed E-state index contributed by atoms with van der Waals surface area (Å²) in [6, 6.07) is 9.95. The number of benzene rings is 1. The van der Waals surface area contributed by atoms with Gasteiger partial charge in [0, 0.05) is 37.3 Å². The molecule has 1 aromatic carbocycles. The minimum absolute atomic E-state index is 0.0370. The molecule has 0 radical (unpaired) electrons. The molecule has 2 aromatic rings. The van der Waals surface area contributed by atoms with E-state index in [1.54, 1.807) is 0 Å². The maximum atomic E-state index is 13.1. The number of amides is 1. The molecule has 2 fully saturated rings. The summed E-state index contributed by atoms with van der Waals surface area (Å²) in [4.78, 5) is 14.9. The first-order valence-electron chi connectivity index (χ1n) is 10.8. The number of carbonyl (C=O) groups is 1. The summed E-state index contributed by atoms with van der Waals surface area (Å²) in [7, 11) is -3.19. The number of morpholine rings is 1. The molecule has 4 rings (SSSR count). The second-order valence-electron chi connectivity index (χ2n) is 8.22. The zero-order valence-electron chi connectivity index (χ0n) is 18.2. The fourth-order valence-corrected chi connectivity index (χ4v) is 6.08. The Kier molecular flexibility index (Phi) is 6.45. The van der Waals surface area contributed by atoms with Crippen LogP contribution in [0.1, 0.15) is 41.4 Å². The van der Waals surface area contributed by atoms with Crippen LogP contribution in [-0.2, 0) is 26.1 Å². The first-order valence-corrected chi connectivity index (χ1v) is 12.4. The standard InChI is InChI=1S/C22H30N4O4S/c1-17-22(18(2)26(23-17)15-19-7-4-3-5-8-19)20-16-30-13-12-25(20)21(27)9-11-24-10-6-14-31(24,28)29/h3-5,7-8,20H,6,9-16H2,1-2H3. The van der Waals surface area contributed by atoms with E-state index in [1.165, 1.54) is 9.87 Å². The van der Waals surface area contributed by atoms with Crippen LogP contribution in [-0.4, -0.2) is 71.9 Å². The molecule has 1 aromatic heterocycles. The highest BCUT2D eigenvalue weighted by molar-refractivity contribution is 7.89. The van der Waals surface area contributed by atoms with Crippen LogP contribution in [0.2, 0.25) is 0 Å². The molecule has 168 valence electrons. The fourth-order valence-electron chi connectivity index (χ4n) is 4.55. The number of hydrogen-bond donors (Lipinski definition) is 0. The van der Waals surface area contributed by atoms with Crippen molar-refractivity contribution in [1.29, 1.82) is 0 Å². The van der Waals surface area contributed by atoms with E-state index in [2.05, 4.69) is 12.1 Å². The van der Waals surface area contributed by atoms with Crippen molar-refractivity contribution in [1.82, 2.24) is 19.0 Å². The number of ether oxygens (including phenoxy) is 1. The summed E-state index contributed by atoms with van der Waals surface area (Å²) >= 11 is 0. The van der Waals surface area contributed by atoms with Crippen LogP contribution in [0.15, 0.2) is 30.3 Å². The Labute approximate surface area is 183 Å². The molecule has 1 amide bonds. The minimum atomic E-state index is -3.19. The van der Waals surface area contributed by atoms with Gasteiger partial charge in [0.25, 0.3) is 0 Å². The molecule has 0 spiro atoms. The molecule has 0 saturated carbocycles. The quantitative estimate of drug-likeness (QED) is 0.676. The van der Waals surface area contributed by atoms with E-state index in [4.69, 9.17) is 9.84 Å². The van der Waals surface area contributed by atoms with Gasteiger partial charge >= 0.3 is 0 Å². The Bertz CT molecular complexity index is 1040. The third kappa shape index (κ3) is 4.68. The summed E-state index contributed by atoms with van der Waals surface area (Å²) in [5.41, 5.74) is 4.11. The van der Waals surface area contributed by atoms with Crippen LogP contribution in [0, 0.1) is 13.8 Å². The van der Waals surface area contributed by atoms with Crippen LogP contribution in [0.25, 0.3) is 0 Å². The molecule has 9 heteroatoms. The zero-order chi connectivity index (χ0) is 22.0. The molecule has 1 unspecified atom stereocenters. The average molecular weight is 447 g/mol. The zero-order valence-corrected chi connectivity index (χ0v) is 19.0. The van der Waals surface area contributed by atoms with Crippen molar-refractivity contribution >= 4 is 15.9 Å². The van der Waals surface area contributed by atoms with E-state index >= 15 is 0 Å². The summed E-state index contributed by atoms with van der Waals surface area (Å²) in [6.45, 7) is 6.83. The summed E-state index contributed by atoms with van der Waals surface area (Å²) in [6.07, 6.45) is 0.821. The van der Waals surface area contributed by atoms with Crippen LogP contribution < -0.4 is 0 Å². The Morgan fingerprint density at radius 3 is 2.68 bits per heavy atom. The summed E-state index contributed by atoms with van der Waals surface area (Å²) in [5.74, 6) is 0.144. The van der Waals surface area contributed by atoms with E-state index in [9.17, 15) is 13.2 Å². The van der Waals surface area contributed by atoms with Crippen molar-refractivity contribution < 1.29 is 17.9 Å². The topological polar surface area (TPSA) is 84.7 Å². The SMILES string of the molecule is Cc1nn(Cc2ccccc2)c(C)c1C1COCCN1C(=O)CCN1CCCS1(=O)=O. The Morgan fingerprint density at radius 1 is 1.19 bits per heavy atom. The molecule has 31 heavy (non-hydrogen) atoms. The predicted octanol–water partition coefficient (Wildman–Crippen LogP) is 1.87. The van der Waals surface area contributed by atoms with Crippen LogP contribution in [0.4, 0.5) is 0 Å². The highest BCUT2D eigenvalue weighted by Gasteiger charge is 2.34. The maximum absolute atomic E-state index is 13.1. The first-order chi connectivity index (χ1) is 14.9. The monoisotopic (exact) mass is 446 g/mol. The van der Waals surface area contributed by atoms with Crippen molar-refractivity contribution in [3.8, 4) is 0 Å². The first kappa shape index (κ1) is 22.0. The largest absolute Gasteiger partial charge is 0.377 e. The van der Waals surface area contributed by atoms with E-state index in [1.807, 2.05) is 41.6 Å². The second kappa shape index (κ2) is 9.10. The van der Waals surface area contributed by atoms with E-state index < -0.39 is 10.0 Å². The van der Waals surface area contributed by atoms with Gasteiger partial charge in [0.05, 0.1) is 37.2 Å². The lowest BCUT2D eigenvalue weighted by Crippen LogP contribution is -2.44. The minimum Gasteiger partial charge on any atom is -0.377 e. The molecule has 0 bridgehead atoms. The smallest absolute Gasteiger partial charge is 0.224 e. The molecule has 1 atom stereocenters. The molecule has 2 aliphatic heterocycles. The van der Waals surface area contributed by atoms with Crippen LogP contribution in [0.3, 0.4) is 0 Å². The predicted molar refractivity (Wildman–Crippen MR) is 117 cm³/mol. The van der Waals surface area contributed by atoms with Crippen molar-refractivity contribution in [2.45, 2.75) is 39.3 Å². The van der Waals surface area contributed by atoms with Crippen molar-refractivity contribution in [3.63, 3.8) is 0 Å². The lowest BCUT2D eigenvalue weighted by atomic mass is 10.0. The highest BCUT2D eigenvalue weighted by atomic mass is 32.2. The van der Waals surface area contributed by atoms with Gasteiger partial charge in [-0.1, -0.05) is 30.3 Å². The van der Waals surface area contributed by atoms with Gasteiger partial charge in [0.15, 0.2) is 0 Å². The van der Waals surface area contributed by atoms with Crippen molar-refractivity contribution in [2.75, 3.05) is 38.6 Å². The van der Waals surface area contributed by atoms with Crippen molar-refractivity contribution in [2.24, 2.45) is 0 Å². The van der Waals surface area contributed by atoms with Gasteiger partial charge in [-0.25, -0.2) is 12.7 Å². The van der Waals surface area contributed by atoms with Crippen LogP contribution >= 0.6 is 0 Å². The third-order valence-electron chi connectivity index (χ3n) is 6.17. The molecular weight excluding hydrogens is 416 g/mol. The molecule has 3 heterocycles. The maximum Gasteiger partial charge on any atom is 0.224 e. The lowest BCUT2D eigenvalue weighted by Gasteiger charge is -2.36. The number of rotatable bonds is 6. The lowest BCUT2D eigenvalue weighted by molar-refractivity contribution is -0.140. The highest BCUT2D eigenvalue weighted by Crippen LogP contribution is 2.30. The molecule has 2 aliphatic rings. The summed E-state index contributed by atoms with van der Waals surface area (Å²) in [5, 5.41) is 4.74. The molecule has 8 nitrogen and oxygen atoms in total. The number of carbonyl (C=O) groups excluding carboxylic acids is 1. The molecular formula is C22H30N4O4S. The number of nitrogens with zero attached hydrogens (tertiary/aromatic N) is 4. The van der Waals surface area contributed by atoms with Crippen LogP contribution in [0.5, 0.6) is 0 Å². The van der Waals surface area contributed by atoms with Gasteiger partial charge in [-0.3, -0.25) is 9.48 Å². The normalized spacial score (nSPS) is 21.5. The molecule has 0 N–H and O–H groups in total. The van der Waals surface area contributed by atoms with Gasteiger partial charge < -0.3 is 9.64 Å². The van der Waals surface area contributed by atoms with Crippen molar-refractivity contribution in [3.05, 3.63) is 52.8 Å². The van der Waals surface area contributed by atoms with E-state index in [0.29, 0.717) is 39.3 Å². The number of hydrogen-bond acceptors (Lipinski definition) is 5. The number of aromatic nitrogens is 2. The molecule has 2 saturated heterocycles. The second-order valence-corrected chi connectivity index (χ2v) is 10.3. The third-order valence-corrected chi connectivity index (χ3v) is 8.13. The van der Waals surface area contributed by atoms with E-state index in [-0.39, 0.29) is 30.7 Å². The Hall–Kier alpha value is -2.23. The van der Waals surface area contributed by atoms with Gasteiger partial charge in [-0.05, 0) is 25.8 Å². The fraction of sp³-hybridized carbons (Fsp3) is 0.545. The van der Waals surface area contributed by atoms with Gasteiger partial charge in [0.2, 0.25) is 15.9 Å². The summed E-state index contributed by atoms with van der Waals surface area (Å²) < 4.78 is 33.2. The number of sulfonamides is 1. The van der Waals surface area contributed by atoms with Gasteiger partial charge in [-0.2, -0.15) is 5.10 Å². The molecule has 0 aliphatic carbocycles. The average Bonchev–Trinajstić information content (AvgIpc) is 3.24.